The molecule has 0 spiro atoms. The Morgan fingerprint density at radius 1 is 0.846 bits per heavy atom. The van der Waals surface area contributed by atoms with Gasteiger partial charge < -0.3 is 14.8 Å². The van der Waals surface area contributed by atoms with E-state index in [0.29, 0.717) is 17.9 Å². The van der Waals surface area contributed by atoms with Crippen LogP contribution in [0.15, 0.2) is 61.2 Å². The van der Waals surface area contributed by atoms with Crippen molar-refractivity contribution in [1.82, 2.24) is 10.2 Å². The number of carbonyl (C=O) groups is 1. The summed E-state index contributed by atoms with van der Waals surface area (Å²) in [5.74, 6) is -2.44. The highest BCUT2D eigenvalue weighted by molar-refractivity contribution is 7.86. The molecular weight excluding hydrogens is 694 g/mol. The number of alkyl halides is 3. The van der Waals surface area contributed by atoms with Crippen molar-refractivity contribution in [2.45, 2.75) is 124 Å². The Kier molecular flexibility index (Phi) is 19.7. The number of hydrogen-bond acceptors (Lipinski definition) is 7. The summed E-state index contributed by atoms with van der Waals surface area (Å²) in [6, 6.07) is 14.9. The average molecular weight is 759 g/mol. The van der Waals surface area contributed by atoms with Crippen LogP contribution >= 0.6 is 0 Å². The molecule has 1 saturated heterocycles. The zero-order valence-corrected chi connectivity index (χ0v) is 34.6. The summed E-state index contributed by atoms with van der Waals surface area (Å²) in [6.07, 6.45) is 4.43. The number of hydrogen-bond donors (Lipinski definition) is 1. The molecule has 0 bridgehead atoms. The van der Waals surface area contributed by atoms with Gasteiger partial charge in [-0.15, -0.1) is 0 Å². The highest BCUT2D eigenvalue weighted by Gasteiger charge is 2.31. The third kappa shape index (κ3) is 23.5. The maximum absolute atomic E-state index is 12.9. The second-order valence-corrected chi connectivity index (χ2v) is 17.7. The van der Waals surface area contributed by atoms with Crippen LogP contribution in [0.4, 0.5) is 13.2 Å². The van der Waals surface area contributed by atoms with E-state index < -0.39 is 34.9 Å². The first kappa shape index (κ1) is 48.9. The highest BCUT2D eigenvalue weighted by Crippen LogP contribution is 2.33. The fraction of sp³-hybridized carbons (Fsp3) is 0.625. The molecule has 0 radical (unpaired) electrons. The molecule has 298 valence electrons. The van der Waals surface area contributed by atoms with Crippen LogP contribution in [0, 0.1) is 0 Å². The molecule has 1 aliphatic rings. The van der Waals surface area contributed by atoms with E-state index in [1.54, 1.807) is 32.9 Å². The molecule has 52 heavy (non-hydrogen) atoms. The van der Waals surface area contributed by atoms with Gasteiger partial charge in [0.15, 0.2) is 13.3 Å². The Labute approximate surface area is 312 Å². The molecule has 12 heteroatoms. The number of amides is 1. The molecule has 0 unspecified atom stereocenters. The maximum atomic E-state index is 12.9. The number of nitrogens with zero attached hydrogens (tertiary/aromatic N) is 1. The molecule has 0 saturated carbocycles. The fourth-order valence-electron chi connectivity index (χ4n) is 4.26. The summed E-state index contributed by atoms with van der Waals surface area (Å²) in [6.45, 7) is 27.9. The Hall–Kier alpha value is -3.09. The van der Waals surface area contributed by atoms with Crippen molar-refractivity contribution in [2.24, 2.45) is 0 Å². The molecule has 0 aliphatic carbocycles. The monoisotopic (exact) mass is 758 g/mol. The molecule has 1 fully saturated rings. The maximum Gasteiger partial charge on any atom is 0.309 e. The lowest BCUT2D eigenvalue weighted by Gasteiger charge is -2.26. The van der Waals surface area contributed by atoms with Gasteiger partial charge in [0.2, 0.25) is 5.91 Å². The Balaban J connectivity index is 0.000000840. The molecule has 2 aromatic rings. The minimum atomic E-state index is -3.46. The van der Waals surface area contributed by atoms with Crippen molar-refractivity contribution >= 4 is 16.0 Å². The summed E-state index contributed by atoms with van der Waals surface area (Å²) in [4.78, 5) is 13.0. The van der Waals surface area contributed by atoms with Crippen molar-refractivity contribution in [1.29, 1.82) is 0 Å². The summed E-state index contributed by atoms with van der Waals surface area (Å²) >= 11 is 0. The van der Waals surface area contributed by atoms with Gasteiger partial charge in [0.1, 0.15) is 11.5 Å². The van der Waals surface area contributed by atoms with E-state index in [-0.39, 0.29) is 16.9 Å². The van der Waals surface area contributed by atoms with Gasteiger partial charge >= 0.3 is 5.92 Å². The normalized spacial score (nSPS) is 13.5. The fourth-order valence-corrected chi connectivity index (χ4v) is 5.17. The zero-order chi connectivity index (χ0) is 40.6. The van der Waals surface area contributed by atoms with Crippen molar-refractivity contribution in [2.75, 3.05) is 39.2 Å². The Bertz CT molecular complexity index is 1440. The summed E-state index contributed by atoms with van der Waals surface area (Å²) in [5.41, 5.74) is 1.55. The van der Waals surface area contributed by atoms with Gasteiger partial charge in [-0.25, -0.2) is 4.39 Å². The van der Waals surface area contributed by atoms with Gasteiger partial charge in [-0.3, -0.25) is 13.9 Å². The lowest BCUT2D eigenvalue weighted by atomic mass is 9.78. The van der Waals surface area contributed by atoms with Gasteiger partial charge in [-0.05, 0) is 110 Å². The van der Waals surface area contributed by atoms with E-state index >= 15 is 0 Å². The topological polar surface area (TPSA) is 93.9 Å². The van der Waals surface area contributed by atoms with Crippen molar-refractivity contribution in [3.05, 3.63) is 72.3 Å². The number of rotatable bonds is 12. The largest absolute Gasteiger partial charge is 0.494 e. The predicted molar refractivity (Wildman–Crippen MR) is 207 cm³/mol. The van der Waals surface area contributed by atoms with Gasteiger partial charge in [-0.2, -0.15) is 17.2 Å². The molecule has 0 aromatic heterocycles. The van der Waals surface area contributed by atoms with Crippen LogP contribution in [-0.2, 0) is 24.5 Å². The molecule has 1 N–H and O–H groups in total. The first-order chi connectivity index (χ1) is 23.5. The van der Waals surface area contributed by atoms with Crippen molar-refractivity contribution in [3.63, 3.8) is 0 Å². The highest BCUT2D eigenvalue weighted by atomic mass is 32.2. The average Bonchev–Trinajstić information content (AvgIpc) is 3.86. The second-order valence-electron chi connectivity index (χ2n) is 16.2. The molecule has 1 heterocycles. The molecular formula is C40H65F3N2O6S. The van der Waals surface area contributed by atoms with Crippen molar-refractivity contribution < 1.29 is 40.0 Å². The van der Waals surface area contributed by atoms with Crippen LogP contribution in [0.5, 0.6) is 11.5 Å². The predicted octanol–water partition coefficient (Wildman–Crippen LogP) is 9.12. The minimum absolute atomic E-state index is 0.123. The third-order valence-corrected chi connectivity index (χ3v) is 7.85. The van der Waals surface area contributed by atoms with E-state index in [9.17, 15) is 26.4 Å². The Morgan fingerprint density at radius 2 is 1.29 bits per heavy atom. The van der Waals surface area contributed by atoms with Gasteiger partial charge in [0.25, 0.3) is 10.1 Å². The van der Waals surface area contributed by atoms with E-state index in [2.05, 4.69) is 62.5 Å². The molecule has 8 nitrogen and oxygen atoms in total. The number of nitrogens with one attached hydrogen (secondary N) is 1. The van der Waals surface area contributed by atoms with Gasteiger partial charge in [0.05, 0.1) is 18.5 Å². The van der Waals surface area contributed by atoms with Crippen LogP contribution in [0.1, 0.15) is 107 Å². The number of benzene rings is 2. The van der Waals surface area contributed by atoms with Crippen LogP contribution in [0.3, 0.4) is 0 Å². The molecule has 2 aromatic carbocycles. The molecule has 1 amide bonds. The van der Waals surface area contributed by atoms with Gasteiger partial charge in [-0.1, -0.05) is 58.0 Å². The smallest absolute Gasteiger partial charge is 0.309 e. The lowest BCUT2D eigenvalue weighted by Crippen LogP contribution is -2.39. The standard InChI is InChI=1S/C22H27F3O2.C7H13NO.C6H13N.C5H12O3S/c1-4-5-14-26-19-10-6-17(7-11-19)21(2,3)18-8-12-20(13-9-18)27-16-22(24,25)15-23;1-5-6(9)8-7(2,3)4;1-6(2,3)7-4-5-7;1-5(2,3)8-9(4,6)7/h6-13H,4-5,14-16H2,1-3H3;5H,1H2,2-4H3,(H,8,9);4-5H2,1-3H3;1-4H3. The zero-order valence-electron chi connectivity index (χ0n) is 33.8. The van der Waals surface area contributed by atoms with Gasteiger partial charge in [0, 0.05) is 29.6 Å². The van der Waals surface area contributed by atoms with Crippen LogP contribution in [0.25, 0.3) is 0 Å². The molecule has 3 rings (SSSR count). The third-order valence-electron chi connectivity index (χ3n) is 7.05. The van der Waals surface area contributed by atoms with Crippen LogP contribution in [-0.4, -0.2) is 81.1 Å². The summed E-state index contributed by atoms with van der Waals surface area (Å²) < 4.78 is 74.2. The molecule has 1 aliphatic heterocycles. The first-order valence-electron chi connectivity index (χ1n) is 17.6. The first-order valence-corrected chi connectivity index (χ1v) is 19.4. The number of carbonyl (C=O) groups excluding carboxylic acids is 1. The second kappa shape index (κ2) is 21.0. The number of ether oxygens (including phenoxy) is 2. The summed E-state index contributed by atoms with van der Waals surface area (Å²) in [7, 11) is -3.28. The van der Waals surface area contributed by atoms with Crippen molar-refractivity contribution in [3.8, 4) is 11.5 Å². The van der Waals surface area contributed by atoms with E-state index in [1.807, 2.05) is 57.2 Å². The quantitative estimate of drug-likeness (QED) is 0.0999. The minimum Gasteiger partial charge on any atom is -0.494 e. The van der Waals surface area contributed by atoms with Crippen LogP contribution < -0.4 is 14.8 Å². The van der Waals surface area contributed by atoms with E-state index in [1.165, 1.54) is 19.2 Å². The van der Waals surface area contributed by atoms with E-state index in [4.69, 9.17) is 9.47 Å². The van der Waals surface area contributed by atoms with E-state index in [0.717, 1.165) is 36.0 Å². The lowest BCUT2D eigenvalue weighted by molar-refractivity contribution is -0.117. The summed E-state index contributed by atoms with van der Waals surface area (Å²) in [5, 5.41) is 2.71. The SMILES string of the molecule is C=CC(=O)NC(C)(C)C.CC(C)(C)N1CC1.CC(C)(C)OS(C)(=O)=O.CCCCOc1ccc(C(C)(C)c2ccc(OCC(F)(F)CF)cc2)cc1. The number of unbranched alkanes of at least 4 members (excludes halogenated alkanes) is 1. The Morgan fingerprint density at radius 3 is 1.54 bits per heavy atom. The van der Waals surface area contributed by atoms with Crippen LogP contribution in [0.2, 0.25) is 0 Å². The number of halogens is 3. The molecule has 0 atom stereocenters.